The number of carbonyl (C=O) groups excluding carboxylic acids is 1. The van der Waals surface area contributed by atoms with Gasteiger partial charge in [0.1, 0.15) is 24.4 Å². The van der Waals surface area contributed by atoms with Crippen molar-refractivity contribution in [1.29, 1.82) is 0 Å². The fourth-order valence-corrected chi connectivity index (χ4v) is 11.0. The van der Waals surface area contributed by atoms with Crippen LogP contribution in [-0.4, -0.2) is 109 Å². The van der Waals surface area contributed by atoms with Crippen LogP contribution in [0.15, 0.2) is 12.2 Å². The zero-order chi connectivity index (χ0) is 34.8. The van der Waals surface area contributed by atoms with Crippen LogP contribution in [0.3, 0.4) is 0 Å². The molecule has 0 bridgehead atoms. The van der Waals surface area contributed by atoms with E-state index in [1.165, 1.54) is 6.92 Å². The second kappa shape index (κ2) is 13.8. The van der Waals surface area contributed by atoms with E-state index in [0.29, 0.717) is 36.5 Å². The van der Waals surface area contributed by atoms with E-state index < -0.39 is 73.0 Å². The van der Waals surface area contributed by atoms with Gasteiger partial charge in [-0.1, -0.05) is 26.0 Å². The Hall–Kier alpha value is -1.15. The summed E-state index contributed by atoms with van der Waals surface area (Å²) in [5.41, 5.74) is -1.17. The number of methoxy groups -OCH3 is 2. The summed E-state index contributed by atoms with van der Waals surface area (Å²) >= 11 is 0. The van der Waals surface area contributed by atoms with Gasteiger partial charge in [-0.05, 0) is 94.8 Å². The van der Waals surface area contributed by atoms with Crippen molar-refractivity contribution in [3.05, 3.63) is 12.2 Å². The number of aliphatic hydroxyl groups is 3. The van der Waals surface area contributed by atoms with E-state index in [1.54, 1.807) is 21.1 Å². The van der Waals surface area contributed by atoms with Crippen molar-refractivity contribution < 1.29 is 53.3 Å². The topological polar surface area (TPSA) is 142 Å². The highest BCUT2D eigenvalue weighted by Crippen LogP contribution is 2.67. The average molecular weight is 681 g/mol. The van der Waals surface area contributed by atoms with Gasteiger partial charge >= 0.3 is 5.97 Å². The summed E-state index contributed by atoms with van der Waals surface area (Å²) in [6, 6.07) is 0. The largest absolute Gasteiger partial charge is 0.457 e. The Balaban J connectivity index is 1.08. The predicted octanol–water partition coefficient (Wildman–Crippen LogP) is 3.89. The number of carbonyl (C=O) groups is 1. The zero-order valence-electron chi connectivity index (χ0n) is 30.1. The quantitative estimate of drug-likeness (QED) is 0.254. The number of fused-ring (bicyclic) bond motifs is 5. The van der Waals surface area contributed by atoms with E-state index in [9.17, 15) is 20.1 Å². The molecule has 0 aromatic carbocycles. The summed E-state index contributed by atoms with van der Waals surface area (Å²) in [5.74, 6) is 1.25. The number of esters is 1. The van der Waals surface area contributed by atoms with Gasteiger partial charge in [0.2, 0.25) is 0 Å². The van der Waals surface area contributed by atoms with Crippen LogP contribution >= 0.6 is 0 Å². The van der Waals surface area contributed by atoms with Crippen molar-refractivity contribution in [2.45, 2.75) is 166 Å². The van der Waals surface area contributed by atoms with Crippen LogP contribution in [-0.2, 0) is 38.0 Å². The summed E-state index contributed by atoms with van der Waals surface area (Å²) < 4.78 is 42.1. The minimum Gasteiger partial charge on any atom is -0.457 e. The molecule has 5 fully saturated rings. The second-order valence-corrected chi connectivity index (χ2v) is 16.3. The van der Waals surface area contributed by atoms with E-state index >= 15 is 0 Å². The Labute approximate surface area is 285 Å². The van der Waals surface area contributed by atoms with Crippen LogP contribution in [0.1, 0.15) is 92.9 Å². The summed E-state index contributed by atoms with van der Waals surface area (Å²) in [5, 5.41) is 33.6. The Morgan fingerprint density at radius 3 is 2.27 bits per heavy atom. The fraction of sp³-hybridized carbons (Fsp3) is 0.919. The average Bonchev–Trinajstić information content (AvgIpc) is 3.32. The van der Waals surface area contributed by atoms with Gasteiger partial charge in [-0.15, -0.1) is 0 Å². The molecule has 11 nitrogen and oxygen atoms in total. The lowest BCUT2D eigenvalue weighted by molar-refractivity contribution is -0.345. The van der Waals surface area contributed by atoms with Crippen molar-refractivity contribution in [1.82, 2.24) is 0 Å². The van der Waals surface area contributed by atoms with Crippen molar-refractivity contribution >= 4 is 5.97 Å². The summed E-state index contributed by atoms with van der Waals surface area (Å²) in [4.78, 5) is 11.6. The Morgan fingerprint density at radius 2 is 1.60 bits per heavy atom. The lowest BCUT2D eigenvalue weighted by Crippen LogP contribution is -2.61. The Kier molecular flexibility index (Phi) is 10.5. The first-order chi connectivity index (χ1) is 22.7. The predicted molar refractivity (Wildman–Crippen MR) is 174 cm³/mol. The molecule has 18 atom stereocenters. The van der Waals surface area contributed by atoms with E-state index in [4.69, 9.17) is 33.2 Å². The number of aliphatic hydroxyl groups excluding tert-OH is 2. The number of ether oxygens (including phenoxy) is 7. The highest BCUT2D eigenvalue weighted by atomic mass is 16.7. The van der Waals surface area contributed by atoms with Crippen molar-refractivity contribution in [2.75, 3.05) is 14.2 Å². The van der Waals surface area contributed by atoms with E-state index in [2.05, 4.69) is 26.0 Å². The molecule has 3 saturated carbocycles. The van der Waals surface area contributed by atoms with Crippen LogP contribution in [0, 0.1) is 34.5 Å². The monoisotopic (exact) mass is 680 g/mol. The zero-order valence-corrected chi connectivity index (χ0v) is 30.1. The third kappa shape index (κ3) is 6.11. The molecule has 6 aliphatic rings. The smallest absolute Gasteiger partial charge is 0.303 e. The molecule has 0 radical (unpaired) electrons. The molecule has 3 N–H and O–H groups in total. The number of hydrogen-bond acceptors (Lipinski definition) is 11. The first-order valence-electron chi connectivity index (χ1n) is 18.3. The summed E-state index contributed by atoms with van der Waals surface area (Å²) in [7, 11) is 3.12. The van der Waals surface area contributed by atoms with Gasteiger partial charge in [-0.25, -0.2) is 0 Å². The van der Waals surface area contributed by atoms with Crippen molar-refractivity contribution in [3.8, 4) is 0 Å². The maximum absolute atomic E-state index is 11.6. The van der Waals surface area contributed by atoms with Gasteiger partial charge in [-0.3, -0.25) is 4.79 Å². The lowest BCUT2D eigenvalue weighted by Gasteiger charge is -2.60. The number of rotatable bonds is 8. The Bertz CT molecular complexity index is 1180. The molecular weight excluding hydrogens is 620 g/mol. The van der Waals surface area contributed by atoms with E-state index in [1.807, 2.05) is 13.8 Å². The van der Waals surface area contributed by atoms with Crippen molar-refractivity contribution in [2.24, 2.45) is 34.5 Å². The molecule has 0 unspecified atom stereocenters. The third-order valence-electron chi connectivity index (χ3n) is 13.9. The minimum absolute atomic E-state index is 0.0741. The van der Waals surface area contributed by atoms with E-state index in [0.717, 1.165) is 38.5 Å². The van der Waals surface area contributed by atoms with Gasteiger partial charge in [-0.2, -0.15) is 0 Å². The van der Waals surface area contributed by atoms with Crippen molar-refractivity contribution in [3.63, 3.8) is 0 Å². The fourth-order valence-electron chi connectivity index (χ4n) is 11.0. The SMILES string of the molecule is CO[C@@H]1[C@@H](O)[C@H](O[C@H]2CC[C@@]3(C)[C@@H](C=C[C@@H]4[C@@H]3CC[C@@]3(C)[C@H]4CC[C@]3(O)[C@H](C)O)C2)O[C@H](C)[C@@H]1O[C@H]1C[C@@H](OC)[C@H](OC(C)=O)[C@H](C)O1. The van der Waals surface area contributed by atoms with Crippen LogP contribution in [0.25, 0.3) is 0 Å². The van der Waals surface area contributed by atoms with Gasteiger partial charge < -0.3 is 48.5 Å². The molecule has 2 aliphatic heterocycles. The number of allylic oxidation sites excluding steroid dienone is 2. The van der Waals surface area contributed by atoms with Gasteiger partial charge in [0.05, 0.1) is 30.0 Å². The maximum atomic E-state index is 11.6. The van der Waals surface area contributed by atoms with Gasteiger partial charge in [0.25, 0.3) is 0 Å². The normalized spacial score (nSPS) is 52.6. The van der Waals surface area contributed by atoms with Gasteiger partial charge in [0.15, 0.2) is 18.7 Å². The standard InChI is InChI=1S/C37H60O11/c1-19-31(46-22(4)39)28(42-7)18-29(44-19)48-32-20(2)45-34(30(40)33(32)43-8)47-24-11-14-35(5)23(17-24)9-10-25-26(35)12-15-36(6)27(25)13-16-37(36,41)21(3)38/h9-10,19-21,23-34,38,40-41H,11-18H2,1-8H3/t19-,20+,21-,23-,24-,25+,26-,27-,28+,29-,30+,31+,32-,33+,34-,35-,36-,37-/m0/s1. The third-order valence-corrected chi connectivity index (χ3v) is 13.9. The van der Waals surface area contributed by atoms with Crippen LogP contribution in [0.5, 0.6) is 0 Å². The molecule has 0 amide bonds. The highest BCUT2D eigenvalue weighted by molar-refractivity contribution is 5.66. The Morgan fingerprint density at radius 1 is 0.896 bits per heavy atom. The molecule has 2 heterocycles. The first-order valence-corrected chi connectivity index (χ1v) is 18.3. The summed E-state index contributed by atoms with van der Waals surface area (Å²) in [6.07, 6.45) is 4.86. The molecular formula is C37H60O11. The van der Waals surface area contributed by atoms with Gasteiger partial charge in [0, 0.05) is 33.0 Å². The van der Waals surface area contributed by atoms with Crippen LogP contribution in [0.2, 0.25) is 0 Å². The molecule has 0 aromatic rings. The molecule has 0 aromatic heterocycles. The molecule has 274 valence electrons. The molecule has 4 aliphatic carbocycles. The molecule has 0 spiro atoms. The molecule has 11 heteroatoms. The van der Waals surface area contributed by atoms with Crippen LogP contribution in [0.4, 0.5) is 0 Å². The highest BCUT2D eigenvalue weighted by Gasteiger charge is 2.65. The second-order valence-electron chi connectivity index (χ2n) is 16.3. The summed E-state index contributed by atoms with van der Waals surface area (Å²) in [6.45, 7) is 11.5. The minimum atomic E-state index is -1.07. The maximum Gasteiger partial charge on any atom is 0.303 e. The molecule has 48 heavy (non-hydrogen) atoms. The number of hydrogen-bond donors (Lipinski definition) is 3. The lowest BCUT2D eigenvalue weighted by atomic mass is 9.46. The van der Waals surface area contributed by atoms with E-state index in [-0.39, 0.29) is 16.9 Å². The first kappa shape index (κ1) is 36.6. The van der Waals surface area contributed by atoms with Crippen LogP contribution < -0.4 is 0 Å². The molecule has 6 rings (SSSR count). The molecule has 2 saturated heterocycles.